The van der Waals surface area contributed by atoms with Crippen molar-refractivity contribution in [3.8, 4) is 0 Å². The molecule has 4 rings (SSSR count). The fourth-order valence-electron chi connectivity index (χ4n) is 2.95. The van der Waals surface area contributed by atoms with Gasteiger partial charge in [0.15, 0.2) is 0 Å². The molecule has 0 N–H and O–H groups in total. The van der Waals surface area contributed by atoms with Crippen LogP contribution in [0, 0.1) is 0 Å². The summed E-state index contributed by atoms with van der Waals surface area (Å²) in [5.74, 6) is 0.553. The van der Waals surface area contributed by atoms with Gasteiger partial charge in [0.05, 0.1) is 17.2 Å². The van der Waals surface area contributed by atoms with Crippen LogP contribution in [0.4, 0.5) is 0 Å². The van der Waals surface area contributed by atoms with Gasteiger partial charge >= 0.3 is 0 Å². The Balaban J connectivity index is 1.61. The predicted octanol–water partition coefficient (Wildman–Crippen LogP) is 3.32. The summed E-state index contributed by atoms with van der Waals surface area (Å²) >= 11 is 7.28. The molecule has 1 aromatic carbocycles. The number of carbonyl (C=O) groups excluding carboxylic acids is 1. The SMILES string of the molecule is C[C@@H](Sc1nnnn1C)C(=O)N1N=C(c2ccc(Cl)cc2)C[C@@H]1c1ccco1. The van der Waals surface area contributed by atoms with Crippen LogP contribution in [0.15, 0.2) is 57.3 Å². The summed E-state index contributed by atoms with van der Waals surface area (Å²) in [5, 5.41) is 18.3. The number of rotatable bonds is 5. The molecule has 28 heavy (non-hydrogen) atoms. The average molecular weight is 417 g/mol. The monoisotopic (exact) mass is 416 g/mol. The molecule has 10 heteroatoms. The molecule has 1 amide bonds. The molecule has 0 unspecified atom stereocenters. The first-order valence-corrected chi connectivity index (χ1v) is 9.87. The highest BCUT2D eigenvalue weighted by Gasteiger charge is 2.37. The molecule has 2 atom stereocenters. The van der Waals surface area contributed by atoms with Crippen molar-refractivity contribution in [2.75, 3.05) is 0 Å². The predicted molar refractivity (Wildman–Crippen MR) is 105 cm³/mol. The summed E-state index contributed by atoms with van der Waals surface area (Å²) < 4.78 is 7.11. The van der Waals surface area contributed by atoms with E-state index in [-0.39, 0.29) is 11.9 Å². The number of hydrazone groups is 1. The van der Waals surface area contributed by atoms with Crippen LogP contribution in [0.2, 0.25) is 5.02 Å². The van der Waals surface area contributed by atoms with Gasteiger partial charge in [-0.1, -0.05) is 35.5 Å². The number of thioether (sulfide) groups is 1. The van der Waals surface area contributed by atoms with Crippen molar-refractivity contribution in [2.24, 2.45) is 12.1 Å². The first-order valence-electron chi connectivity index (χ1n) is 8.62. The number of nitrogens with zero attached hydrogens (tertiary/aromatic N) is 6. The number of hydrogen-bond donors (Lipinski definition) is 0. The molecule has 2 aromatic heterocycles. The van der Waals surface area contributed by atoms with E-state index in [2.05, 4.69) is 20.6 Å². The van der Waals surface area contributed by atoms with Crippen molar-refractivity contribution in [2.45, 2.75) is 29.8 Å². The summed E-state index contributed by atoms with van der Waals surface area (Å²) in [5.41, 5.74) is 1.73. The standard InChI is InChI=1S/C18H17ClN6O2S/c1-11(28-18-20-22-23-24(18)2)17(26)25-15(16-4-3-9-27-16)10-14(21-25)12-5-7-13(19)8-6-12/h3-9,11,15H,10H2,1-2H3/t11-,15-/m1/s1. The highest BCUT2D eigenvalue weighted by atomic mass is 35.5. The largest absolute Gasteiger partial charge is 0.467 e. The van der Waals surface area contributed by atoms with Crippen LogP contribution in [-0.4, -0.2) is 42.1 Å². The zero-order valence-corrected chi connectivity index (χ0v) is 16.8. The molecular formula is C18H17ClN6O2S. The van der Waals surface area contributed by atoms with Crippen LogP contribution in [0.3, 0.4) is 0 Å². The number of carbonyl (C=O) groups is 1. The van der Waals surface area contributed by atoms with Gasteiger partial charge in [-0.25, -0.2) is 9.69 Å². The van der Waals surface area contributed by atoms with Crippen LogP contribution >= 0.6 is 23.4 Å². The van der Waals surface area contributed by atoms with Crippen LogP contribution < -0.4 is 0 Å². The minimum atomic E-state index is -0.421. The first kappa shape index (κ1) is 18.7. The maximum absolute atomic E-state index is 13.2. The lowest BCUT2D eigenvalue weighted by Gasteiger charge is -2.22. The van der Waals surface area contributed by atoms with Crippen LogP contribution in [0.5, 0.6) is 0 Å². The number of tetrazole rings is 1. The lowest BCUT2D eigenvalue weighted by atomic mass is 10.0. The van der Waals surface area contributed by atoms with Crippen molar-refractivity contribution in [3.63, 3.8) is 0 Å². The zero-order valence-electron chi connectivity index (χ0n) is 15.2. The molecule has 1 aliphatic rings. The average Bonchev–Trinajstić information content (AvgIpc) is 3.43. The molecule has 1 aliphatic heterocycles. The van der Waals surface area contributed by atoms with E-state index in [9.17, 15) is 4.79 Å². The molecule has 0 bridgehead atoms. The first-order chi connectivity index (χ1) is 13.5. The molecule has 0 aliphatic carbocycles. The van der Waals surface area contributed by atoms with E-state index in [0.29, 0.717) is 22.4 Å². The fourth-order valence-corrected chi connectivity index (χ4v) is 3.87. The van der Waals surface area contributed by atoms with Crippen LogP contribution in [0.1, 0.15) is 30.7 Å². The third-order valence-corrected chi connectivity index (χ3v) is 5.76. The number of hydrogen-bond acceptors (Lipinski definition) is 7. The van der Waals surface area contributed by atoms with Gasteiger partial charge < -0.3 is 4.42 Å². The third-order valence-electron chi connectivity index (χ3n) is 4.40. The number of aryl methyl sites for hydroxylation is 1. The Hall–Kier alpha value is -2.65. The smallest absolute Gasteiger partial charge is 0.256 e. The van der Waals surface area contributed by atoms with Gasteiger partial charge in [0.2, 0.25) is 5.16 Å². The van der Waals surface area contributed by atoms with Gasteiger partial charge in [-0.2, -0.15) is 5.10 Å². The van der Waals surface area contributed by atoms with Gasteiger partial charge in [0.25, 0.3) is 5.91 Å². The summed E-state index contributed by atoms with van der Waals surface area (Å²) in [4.78, 5) is 13.2. The van der Waals surface area contributed by atoms with Crippen LogP contribution in [0.25, 0.3) is 0 Å². The van der Waals surface area contributed by atoms with E-state index in [1.54, 1.807) is 13.3 Å². The van der Waals surface area contributed by atoms with Crippen molar-refractivity contribution in [1.82, 2.24) is 25.2 Å². The number of amides is 1. The zero-order chi connectivity index (χ0) is 19.7. The van der Waals surface area contributed by atoms with Gasteiger partial charge in [-0.15, -0.1) is 5.10 Å². The third kappa shape index (κ3) is 3.67. The molecule has 3 heterocycles. The molecule has 0 saturated carbocycles. The Bertz CT molecular complexity index is 1000. The van der Waals surface area contributed by atoms with Gasteiger partial charge in [-0.3, -0.25) is 4.79 Å². The lowest BCUT2D eigenvalue weighted by molar-refractivity contribution is -0.132. The second-order valence-corrected chi connectivity index (χ2v) is 8.06. The Kier molecular flexibility index (Phi) is 5.19. The molecule has 0 fully saturated rings. The van der Waals surface area contributed by atoms with E-state index in [1.165, 1.54) is 21.5 Å². The Morgan fingerprint density at radius 1 is 1.32 bits per heavy atom. The van der Waals surface area contributed by atoms with Gasteiger partial charge in [0, 0.05) is 18.5 Å². The quantitative estimate of drug-likeness (QED) is 0.593. The van der Waals surface area contributed by atoms with Crippen molar-refractivity contribution >= 4 is 35.0 Å². The molecule has 0 spiro atoms. The lowest BCUT2D eigenvalue weighted by Crippen LogP contribution is -2.33. The number of furan rings is 1. The van der Waals surface area contributed by atoms with Gasteiger partial charge in [0.1, 0.15) is 11.8 Å². The summed E-state index contributed by atoms with van der Waals surface area (Å²) in [7, 11) is 1.73. The molecule has 0 radical (unpaired) electrons. The van der Waals surface area contributed by atoms with E-state index >= 15 is 0 Å². The van der Waals surface area contributed by atoms with Crippen molar-refractivity contribution in [3.05, 3.63) is 59.0 Å². The van der Waals surface area contributed by atoms with E-state index in [4.69, 9.17) is 16.0 Å². The normalized spacial score (nSPS) is 17.6. The second-order valence-electron chi connectivity index (χ2n) is 6.32. The minimum Gasteiger partial charge on any atom is -0.467 e. The fraction of sp³-hybridized carbons (Fsp3) is 0.278. The Morgan fingerprint density at radius 3 is 2.75 bits per heavy atom. The van der Waals surface area contributed by atoms with Crippen LogP contribution in [-0.2, 0) is 11.8 Å². The number of aromatic nitrogens is 4. The van der Waals surface area contributed by atoms with E-state index in [0.717, 1.165) is 11.3 Å². The number of benzene rings is 1. The Morgan fingerprint density at radius 2 is 2.11 bits per heavy atom. The highest BCUT2D eigenvalue weighted by molar-refractivity contribution is 8.00. The molecular weight excluding hydrogens is 400 g/mol. The highest BCUT2D eigenvalue weighted by Crippen LogP contribution is 2.35. The Labute approximate surface area is 170 Å². The van der Waals surface area contributed by atoms with E-state index < -0.39 is 5.25 Å². The number of halogens is 1. The topological polar surface area (TPSA) is 89.4 Å². The minimum absolute atomic E-state index is 0.140. The summed E-state index contributed by atoms with van der Waals surface area (Å²) in [6.07, 6.45) is 2.16. The van der Waals surface area contributed by atoms with Gasteiger partial charge in [-0.05, 0) is 47.2 Å². The van der Waals surface area contributed by atoms with E-state index in [1.807, 2.05) is 43.3 Å². The van der Waals surface area contributed by atoms with Crippen molar-refractivity contribution in [1.29, 1.82) is 0 Å². The summed E-state index contributed by atoms with van der Waals surface area (Å²) in [6.45, 7) is 1.82. The molecule has 3 aromatic rings. The molecule has 144 valence electrons. The molecule has 8 nitrogen and oxygen atoms in total. The summed E-state index contributed by atoms with van der Waals surface area (Å²) in [6, 6.07) is 10.8. The second kappa shape index (κ2) is 7.76. The maximum Gasteiger partial charge on any atom is 0.256 e. The maximum atomic E-state index is 13.2. The molecule has 0 saturated heterocycles. The van der Waals surface area contributed by atoms with Crippen molar-refractivity contribution < 1.29 is 9.21 Å².